The van der Waals surface area contributed by atoms with E-state index in [4.69, 9.17) is 11.6 Å². The standard InChI is InChI=1S/C20H23ClN2O2/c1-14(24)23(18-8-6-5-7-17(18)21)13-19(25)22-16-11-9-15(10-12-16)20(2,3)4/h5-12H,13H2,1-4H3,(H,22,25). The molecule has 4 nitrogen and oxygen atoms in total. The molecule has 0 aliphatic carbocycles. The molecule has 0 bridgehead atoms. The van der Waals surface area contributed by atoms with E-state index in [-0.39, 0.29) is 23.8 Å². The molecule has 0 heterocycles. The Hall–Kier alpha value is -2.33. The summed E-state index contributed by atoms with van der Waals surface area (Å²) in [5, 5.41) is 3.25. The third-order valence-corrected chi connectivity index (χ3v) is 4.18. The predicted octanol–water partition coefficient (Wildman–Crippen LogP) is 4.63. The number of anilines is 2. The van der Waals surface area contributed by atoms with Crippen LogP contribution in [0.15, 0.2) is 48.5 Å². The Morgan fingerprint density at radius 3 is 2.16 bits per heavy atom. The number of nitrogens with zero attached hydrogens (tertiary/aromatic N) is 1. The Balaban J connectivity index is 2.10. The number of hydrogen-bond donors (Lipinski definition) is 1. The van der Waals surface area contributed by atoms with Crippen LogP contribution in [0.1, 0.15) is 33.3 Å². The second-order valence-electron chi connectivity index (χ2n) is 6.93. The van der Waals surface area contributed by atoms with Gasteiger partial charge in [-0.05, 0) is 35.2 Å². The molecule has 2 amide bonds. The summed E-state index contributed by atoms with van der Waals surface area (Å²) in [6, 6.07) is 14.7. The molecule has 5 heteroatoms. The maximum atomic E-state index is 12.3. The van der Waals surface area contributed by atoms with E-state index in [0.29, 0.717) is 16.4 Å². The SMILES string of the molecule is CC(=O)N(CC(=O)Nc1ccc(C(C)(C)C)cc1)c1ccccc1Cl. The molecule has 0 radical (unpaired) electrons. The molecule has 25 heavy (non-hydrogen) atoms. The molecular weight excluding hydrogens is 336 g/mol. The van der Waals surface area contributed by atoms with Crippen LogP contribution in [0.5, 0.6) is 0 Å². The van der Waals surface area contributed by atoms with E-state index in [1.165, 1.54) is 17.4 Å². The van der Waals surface area contributed by atoms with Gasteiger partial charge in [0, 0.05) is 12.6 Å². The normalized spacial score (nSPS) is 11.1. The zero-order valence-electron chi connectivity index (χ0n) is 15.0. The highest BCUT2D eigenvalue weighted by atomic mass is 35.5. The smallest absolute Gasteiger partial charge is 0.244 e. The molecule has 0 atom stereocenters. The van der Waals surface area contributed by atoms with Crippen molar-refractivity contribution in [2.45, 2.75) is 33.1 Å². The highest BCUT2D eigenvalue weighted by Crippen LogP contribution is 2.26. The zero-order chi connectivity index (χ0) is 18.6. The highest BCUT2D eigenvalue weighted by molar-refractivity contribution is 6.33. The first-order chi connectivity index (χ1) is 11.7. The number of nitrogens with one attached hydrogen (secondary N) is 1. The highest BCUT2D eigenvalue weighted by Gasteiger charge is 2.18. The van der Waals surface area contributed by atoms with Gasteiger partial charge in [0.25, 0.3) is 0 Å². The van der Waals surface area contributed by atoms with Gasteiger partial charge >= 0.3 is 0 Å². The molecule has 0 fully saturated rings. The van der Waals surface area contributed by atoms with Crippen molar-refractivity contribution < 1.29 is 9.59 Å². The number of hydrogen-bond acceptors (Lipinski definition) is 2. The Kier molecular flexibility index (Phi) is 5.85. The molecule has 2 rings (SSSR count). The van der Waals surface area contributed by atoms with Crippen LogP contribution in [0.3, 0.4) is 0 Å². The lowest BCUT2D eigenvalue weighted by Crippen LogP contribution is -2.36. The molecule has 132 valence electrons. The molecule has 0 spiro atoms. The van der Waals surface area contributed by atoms with Crippen LogP contribution in [-0.4, -0.2) is 18.4 Å². The van der Waals surface area contributed by atoms with Gasteiger partial charge < -0.3 is 10.2 Å². The number of benzene rings is 2. The fourth-order valence-corrected chi connectivity index (χ4v) is 2.67. The summed E-state index contributed by atoms with van der Waals surface area (Å²) in [6.07, 6.45) is 0. The topological polar surface area (TPSA) is 49.4 Å². The molecule has 0 aromatic heterocycles. The van der Waals surface area contributed by atoms with Gasteiger partial charge in [-0.3, -0.25) is 9.59 Å². The summed E-state index contributed by atoms with van der Waals surface area (Å²) in [5.74, 6) is -0.523. The van der Waals surface area contributed by atoms with Gasteiger partial charge in [-0.1, -0.05) is 56.6 Å². The third kappa shape index (κ3) is 5.07. The van der Waals surface area contributed by atoms with Gasteiger partial charge in [-0.15, -0.1) is 0 Å². The predicted molar refractivity (Wildman–Crippen MR) is 103 cm³/mol. The van der Waals surface area contributed by atoms with Crippen molar-refractivity contribution in [1.29, 1.82) is 0 Å². The Morgan fingerprint density at radius 1 is 1.04 bits per heavy atom. The van der Waals surface area contributed by atoms with Crippen LogP contribution in [0.2, 0.25) is 5.02 Å². The van der Waals surface area contributed by atoms with Crippen molar-refractivity contribution in [2.24, 2.45) is 0 Å². The molecule has 2 aromatic carbocycles. The number of halogens is 1. The van der Waals surface area contributed by atoms with Crippen LogP contribution in [0.4, 0.5) is 11.4 Å². The molecule has 0 saturated heterocycles. The van der Waals surface area contributed by atoms with Crippen molar-refractivity contribution >= 4 is 34.8 Å². The minimum absolute atomic E-state index is 0.0536. The lowest BCUT2D eigenvalue weighted by molar-refractivity contribution is -0.120. The molecule has 1 N–H and O–H groups in total. The van der Waals surface area contributed by atoms with E-state index in [1.54, 1.807) is 24.3 Å². The first-order valence-electron chi connectivity index (χ1n) is 8.11. The first kappa shape index (κ1) is 19.0. The Labute approximate surface area is 153 Å². The van der Waals surface area contributed by atoms with Crippen molar-refractivity contribution in [3.05, 3.63) is 59.1 Å². The van der Waals surface area contributed by atoms with E-state index in [0.717, 1.165) is 0 Å². The summed E-state index contributed by atoms with van der Waals surface area (Å²) < 4.78 is 0. The average Bonchev–Trinajstić information content (AvgIpc) is 2.53. The fraction of sp³-hybridized carbons (Fsp3) is 0.300. The number of amides is 2. The minimum atomic E-state index is -0.279. The number of carbonyl (C=O) groups is 2. The number of rotatable bonds is 4. The molecule has 0 unspecified atom stereocenters. The van der Waals surface area contributed by atoms with Gasteiger partial charge in [-0.2, -0.15) is 0 Å². The van der Waals surface area contributed by atoms with E-state index in [1.807, 2.05) is 24.3 Å². The Bertz CT molecular complexity index is 764. The summed E-state index contributed by atoms with van der Waals surface area (Å²) in [7, 11) is 0. The van der Waals surface area contributed by atoms with Gasteiger partial charge in [-0.25, -0.2) is 0 Å². The van der Waals surface area contributed by atoms with Crippen molar-refractivity contribution in [3.8, 4) is 0 Å². The monoisotopic (exact) mass is 358 g/mol. The van der Waals surface area contributed by atoms with E-state index < -0.39 is 0 Å². The fourth-order valence-electron chi connectivity index (χ4n) is 2.43. The number of carbonyl (C=O) groups excluding carboxylic acids is 2. The zero-order valence-corrected chi connectivity index (χ0v) is 15.7. The van der Waals surface area contributed by atoms with E-state index in [9.17, 15) is 9.59 Å². The van der Waals surface area contributed by atoms with E-state index in [2.05, 4.69) is 26.1 Å². The Morgan fingerprint density at radius 2 is 1.64 bits per heavy atom. The van der Waals surface area contributed by atoms with Crippen LogP contribution < -0.4 is 10.2 Å². The summed E-state index contributed by atoms with van der Waals surface area (Å²) in [6.45, 7) is 7.72. The number of para-hydroxylation sites is 1. The van der Waals surface area contributed by atoms with Crippen LogP contribution in [0.25, 0.3) is 0 Å². The second kappa shape index (κ2) is 7.70. The largest absolute Gasteiger partial charge is 0.325 e. The average molecular weight is 359 g/mol. The summed E-state index contributed by atoms with van der Waals surface area (Å²) >= 11 is 6.14. The van der Waals surface area contributed by atoms with Crippen molar-refractivity contribution in [2.75, 3.05) is 16.8 Å². The van der Waals surface area contributed by atoms with Gasteiger partial charge in [0.15, 0.2) is 0 Å². The molecular formula is C20H23ClN2O2. The van der Waals surface area contributed by atoms with Crippen LogP contribution >= 0.6 is 11.6 Å². The summed E-state index contributed by atoms with van der Waals surface area (Å²) in [5.41, 5.74) is 2.46. The quantitative estimate of drug-likeness (QED) is 0.866. The lowest BCUT2D eigenvalue weighted by Gasteiger charge is -2.22. The maximum Gasteiger partial charge on any atom is 0.244 e. The third-order valence-electron chi connectivity index (χ3n) is 3.86. The summed E-state index contributed by atoms with van der Waals surface area (Å²) in [4.78, 5) is 25.6. The van der Waals surface area contributed by atoms with Crippen molar-refractivity contribution in [1.82, 2.24) is 0 Å². The minimum Gasteiger partial charge on any atom is -0.325 e. The molecule has 0 aliphatic heterocycles. The van der Waals surface area contributed by atoms with Gasteiger partial charge in [0.05, 0.1) is 10.7 Å². The van der Waals surface area contributed by atoms with Crippen molar-refractivity contribution in [3.63, 3.8) is 0 Å². The lowest BCUT2D eigenvalue weighted by atomic mass is 9.87. The van der Waals surface area contributed by atoms with Crippen LogP contribution in [0, 0.1) is 0 Å². The maximum absolute atomic E-state index is 12.3. The van der Waals surface area contributed by atoms with E-state index >= 15 is 0 Å². The molecule has 0 aliphatic rings. The second-order valence-corrected chi connectivity index (χ2v) is 7.34. The van der Waals surface area contributed by atoms with Gasteiger partial charge in [0.1, 0.15) is 6.54 Å². The molecule has 2 aromatic rings. The van der Waals surface area contributed by atoms with Gasteiger partial charge in [0.2, 0.25) is 11.8 Å². The van der Waals surface area contributed by atoms with Crippen LogP contribution in [-0.2, 0) is 15.0 Å². The molecule has 0 saturated carbocycles. The first-order valence-corrected chi connectivity index (χ1v) is 8.49.